The van der Waals surface area contributed by atoms with E-state index in [-0.39, 0.29) is 10.4 Å². The summed E-state index contributed by atoms with van der Waals surface area (Å²) in [4.78, 5) is 26.8. The molecule has 0 spiro atoms. The number of carboxylic acids is 1. The fourth-order valence-corrected chi connectivity index (χ4v) is 4.90. The van der Waals surface area contributed by atoms with Crippen molar-refractivity contribution in [3.63, 3.8) is 0 Å². The Labute approximate surface area is 157 Å². The van der Waals surface area contributed by atoms with Gasteiger partial charge in [0, 0.05) is 0 Å². The number of hydrogen-bond donors (Lipinski definition) is 2. The van der Waals surface area contributed by atoms with Crippen molar-refractivity contribution >= 4 is 29.1 Å². The quantitative estimate of drug-likeness (QED) is 0.696. The van der Waals surface area contributed by atoms with Gasteiger partial charge in [0.2, 0.25) is 0 Å². The molecule has 1 aliphatic rings. The van der Waals surface area contributed by atoms with Crippen molar-refractivity contribution in [2.75, 3.05) is 0 Å². The van der Waals surface area contributed by atoms with Crippen LogP contribution in [-0.4, -0.2) is 16.1 Å². The van der Waals surface area contributed by atoms with Crippen molar-refractivity contribution < 1.29 is 14.6 Å². The Hall–Kier alpha value is -2.77. The number of thioether (sulfide) groups is 1. The zero-order chi connectivity index (χ0) is 18.1. The average molecular weight is 383 g/mol. The highest BCUT2D eigenvalue weighted by Crippen LogP contribution is 2.44. The van der Waals surface area contributed by atoms with E-state index in [0.717, 1.165) is 21.8 Å². The van der Waals surface area contributed by atoms with Crippen LogP contribution in [0.5, 0.6) is 11.5 Å². The monoisotopic (exact) mass is 383 g/mol. The van der Waals surface area contributed by atoms with E-state index >= 15 is 0 Å². The molecule has 130 valence electrons. The number of carbonyl (C=O) groups is 1. The minimum atomic E-state index is -0.997. The lowest BCUT2D eigenvalue weighted by Gasteiger charge is -2.22. The fourth-order valence-electron chi connectivity index (χ4n) is 2.82. The van der Waals surface area contributed by atoms with Gasteiger partial charge in [-0.15, -0.1) is 0 Å². The first kappa shape index (κ1) is 16.7. The summed E-state index contributed by atoms with van der Waals surface area (Å²) in [5.74, 6) is -0.193. The number of aliphatic carboxylic acids is 1. The van der Waals surface area contributed by atoms with E-state index in [1.54, 1.807) is 5.41 Å². The number of nitrogens with one attached hydrogen (secondary N) is 1. The molecule has 0 fully saturated rings. The van der Waals surface area contributed by atoms with E-state index in [9.17, 15) is 14.7 Å². The Kier molecular flexibility index (Phi) is 4.40. The lowest BCUT2D eigenvalue weighted by atomic mass is 9.90. The first-order valence-corrected chi connectivity index (χ1v) is 9.47. The minimum absolute atomic E-state index is 0.191. The maximum absolute atomic E-state index is 11.8. The Bertz CT molecular complexity index is 1050. The van der Waals surface area contributed by atoms with E-state index in [0.29, 0.717) is 16.5 Å². The SMILES string of the molecule is O=C(O)C1=CSc2[nH]c(=O)sc2C1c1cccc(Oc2ccccc2)c1. The third-order valence-electron chi connectivity index (χ3n) is 3.94. The zero-order valence-electron chi connectivity index (χ0n) is 13.3. The molecule has 7 heteroatoms. The predicted molar refractivity (Wildman–Crippen MR) is 101 cm³/mol. The second-order valence-corrected chi connectivity index (χ2v) is 7.52. The number of H-pyrrole nitrogens is 1. The number of thiazole rings is 1. The van der Waals surface area contributed by atoms with Crippen LogP contribution in [0, 0.1) is 0 Å². The van der Waals surface area contributed by atoms with Gasteiger partial charge in [-0.3, -0.25) is 4.79 Å². The molecule has 0 bridgehead atoms. The van der Waals surface area contributed by atoms with Crippen LogP contribution in [0.3, 0.4) is 0 Å². The number of ether oxygens (including phenoxy) is 1. The van der Waals surface area contributed by atoms with Crippen LogP contribution in [0.1, 0.15) is 16.4 Å². The number of aromatic nitrogens is 1. The van der Waals surface area contributed by atoms with Crippen LogP contribution >= 0.6 is 23.1 Å². The van der Waals surface area contributed by atoms with Crippen LogP contribution < -0.4 is 9.61 Å². The summed E-state index contributed by atoms with van der Waals surface area (Å²) < 4.78 is 5.86. The predicted octanol–water partition coefficient (Wildman–Crippen LogP) is 4.43. The number of para-hydroxylation sites is 1. The maximum Gasteiger partial charge on any atom is 0.333 e. The fraction of sp³-hybridized carbons (Fsp3) is 0.0526. The summed E-state index contributed by atoms with van der Waals surface area (Å²) in [5.41, 5.74) is 1.01. The summed E-state index contributed by atoms with van der Waals surface area (Å²) in [7, 11) is 0. The van der Waals surface area contributed by atoms with E-state index in [1.165, 1.54) is 11.8 Å². The van der Waals surface area contributed by atoms with Gasteiger partial charge in [-0.1, -0.05) is 53.4 Å². The van der Waals surface area contributed by atoms with Crippen molar-refractivity contribution in [2.24, 2.45) is 0 Å². The maximum atomic E-state index is 11.8. The van der Waals surface area contributed by atoms with Crippen molar-refractivity contribution in [3.8, 4) is 11.5 Å². The number of fused-ring (bicyclic) bond motifs is 1. The third kappa shape index (κ3) is 3.18. The van der Waals surface area contributed by atoms with Gasteiger partial charge in [0.15, 0.2) is 0 Å². The summed E-state index contributed by atoms with van der Waals surface area (Å²) in [5, 5.41) is 11.9. The lowest BCUT2D eigenvalue weighted by molar-refractivity contribution is -0.132. The van der Waals surface area contributed by atoms with E-state index in [4.69, 9.17) is 4.74 Å². The molecular weight excluding hydrogens is 370 g/mol. The van der Waals surface area contributed by atoms with Gasteiger partial charge >= 0.3 is 10.8 Å². The number of benzene rings is 2. The average Bonchev–Trinajstić information content (AvgIpc) is 3.02. The van der Waals surface area contributed by atoms with Gasteiger partial charge in [0.05, 0.1) is 21.4 Å². The van der Waals surface area contributed by atoms with Crippen LogP contribution in [0.2, 0.25) is 0 Å². The van der Waals surface area contributed by atoms with Crippen LogP contribution in [-0.2, 0) is 4.79 Å². The van der Waals surface area contributed by atoms with Crippen molar-refractivity contribution in [1.29, 1.82) is 0 Å². The standard InChI is InChI=1S/C19H13NO4S2/c21-18(22)14-10-25-17-16(26-19(23)20-17)15(14)11-5-4-8-13(9-11)24-12-6-2-1-3-7-12/h1-10,15H,(H,20,23)(H,21,22). The second kappa shape index (κ2) is 6.86. The van der Waals surface area contributed by atoms with Gasteiger partial charge < -0.3 is 14.8 Å². The van der Waals surface area contributed by atoms with Gasteiger partial charge in [0.25, 0.3) is 0 Å². The normalized spacial score (nSPS) is 15.8. The topological polar surface area (TPSA) is 79.4 Å². The highest BCUT2D eigenvalue weighted by Gasteiger charge is 2.32. The first-order valence-electron chi connectivity index (χ1n) is 7.77. The zero-order valence-corrected chi connectivity index (χ0v) is 15.0. The molecule has 1 atom stereocenters. The van der Waals surface area contributed by atoms with Gasteiger partial charge in [-0.25, -0.2) is 4.79 Å². The molecule has 0 aliphatic carbocycles. The highest BCUT2D eigenvalue weighted by molar-refractivity contribution is 8.02. The molecule has 0 saturated carbocycles. The Balaban J connectivity index is 1.76. The second-order valence-electron chi connectivity index (χ2n) is 5.62. The largest absolute Gasteiger partial charge is 0.478 e. The van der Waals surface area contributed by atoms with E-state index in [1.807, 2.05) is 54.6 Å². The number of rotatable bonds is 4. The van der Waals surface area contributed by atoms with Gasteiger partial charge in [0.1, 0.15) is 11.5 Å². The Morgan fingerprint density at radius 2 is 1.85 bits per heavy atom. The molecule has 1 aromatic heterocycles. The molecule has 26 heavy (non-hydrogen) atoms. The van der Waals surface area contributed by atoms with E-state index in [2.05, 4.69) is 4.98 Å². The Morgan fingerprint density at radius 3 is 2.62 bits per heavy atom. The molecular formula is C19H13NO4S2. The molecule has 0 radical (unpaired) electrons. The van der Waals surface area contributed by atoms with E-state index < -0.39 is 11.9 Å². The summed E-state index contributed by atoms with van der Waals surface area (Å²) in [6.45, 7) is 0. The van der Waals surface area contributed by atoms with Crippen LogP contribution in [0.4, 0.5) is 0 Å². The molecule has 2 aromatic carbocycles. The Morgan fingerprint density at radius 1 is 1.08 bits per heavy atom. The van der Waals surface area contributed by atoms with Gasteiger partial charge in [-0.2, -0.15) is 0 Å². The number of aromatic amines is 1. The molecule has 0 saturated heterocycles. The molecule has 3 aromatic rings. The summed E-state index contributed by atoms with van der Waals surface area (Å²) >= 11 is 2.28. The molecule has 0 amide bonds. The van der Waals surface area contributed by atoms with Crippen LogP contribution in [0.15, 0.2) is 75.4 Å². The van der Waals surface area contributed by atoms with Crippen molar-refractivity contribution in [1.82, 2.24) is 4.98 Å². The molecule has 2 heterocycles. The first-order chi connectivity index (χ1) is 12.6. The van der Waals surface area contributed by atoms with Crippen molar-refractivity contribution in [2.45, 2.75) is 10.9 Å². The summed E-state index contributed by atoms with van der Waals surface area (Å²) in [6.07, 6.45) is 0. The number of carboxylic acid groups (broad SMARTS) is 1. The molecule has 4 rings (SSSR count). The molecule has 5 nitrogen and oxygen atoms in total. The molecule has 1 unspecified atom stereocenters. The highest BCUT2D eigenvalue weighted by atomic mass is 32.2. The molecule has 2 N–H and O–H groups in total. The summed E-state index contributed by atoms with van der Waals surface area (Å²) in [6, 6.07) is 16.7. The lowest BCUT2D eigenvalue weighted by Crippen LogP contribution is -2.14. The van der Waals surface area contributed by atoms with Crippen molar-refractivity contribution in [3.05, 3.63) is 85.7 Å². The number of hydrogen-bond acceptors (Lipinski definition) is 5. The van der Waals surface area contributed by atoms with Crippen LogP contribution in [0.25, 0.3) is 0 Å². The third-order valence-corrected chi connectivity index (χ3v) is 5.94. The molecule has 1 aliphatic heterocycles. The smallest absolute Gasteiger partial charge is 0.333 e. The minimum Gasteiger partial charge on any atom is -0.478 e. The van der Waals surface area contributed by atoms with Gasteiger partial charge in [-0.05, 0) is 35.2 Å².